The van der Waals surface area contributed by atoms with E-state index >= 15 is 0 Å². The normalized spacial score (nSPS) is 13.2. The summed E-state index contributed by atoms with van der Waals surface area (Å²) in [5, 5.41) is 8.89. The predicted octanol–water partition coefficient (Wildman–Crippen LogP) is 0.751. The Labute approximate surface area is 83.6 Å². The molecule has 0 saturated carbocycles. The van der Waals surface area contributed by atoms with Gasteiger partial charge in [-0.15, -0.1) is 11.3 Å². The van der Waals surface area contributed by atoms with Crippen LogP contribution in [0.4, 0.5) is 0 Å². The van der Waals surface area contributed by atoms with Gasteiger partial charge in [-0.2, -0.15) is 0 Å². The van der Waals surface area contributed by atoms with Gasteiger partial charge in [-0.3, -0.25) is 4.79 Å². The Morgan fingerprint density at radius 3 is 3.14 bits per heavy atom. The number of imidazole rings is 1. The smallest absolute Gasteiger partial charge is 0.313 e. The van der Waals surface area contributed by atoms with E-state index in [2.05, 4.69) is 9.97 Å². The van der Waals surface area contributed by atoms with Gasteiger partial charge in [-0.25, -0.2) is 4.98 Å². The lowest BCUT2D eigenvalue weighted by molar-refractivity contribution is -0.138. The Bertz CT molecular complexity index is 433. The number of aromatic amines is 1. The second-order valence-electron chi connectivity index (χ2n) is 2.90. The molecule has 14 heavy (non-hydrogen) atoms. The molecular weight excluding hydrogens is 202 g/mol. The van der Waals surface area contributed by atoms with Crippen LogP contribution in [-0.4, -0.2) is 27.6 Å². The van der Waals surface area contributed by atoms with Crippen LogP contribution in [0.5, 0.6) is 0 Å². The Hall–Kier alpha value is -1.40. The Morgan fingerprint density at radius 2 is 2.57 bits per heavy atom. The number of carbonyl (C=O) groups is 1. The van der Waals surface area contributed by atoms with E-state index in [-0.39, 0.29) is 6.54 Å². The SMILES string of the molecule is NCC(C(=O)O)c1cc2[nH]cnc2s1. The van der Waals surface area contributed by atoms with E-state index < -0.39 is 11.9 Å². The molecule has 0 fully saturated rings. The van der Waals surface area contributed by atoms with Gasteiger partial charge in [0.2, 0.25) is 0 Å². The molecule has 2 aromatic heterocycles. The molecule has 1 unspecified atom stereocenters. The number of carboxylic acid groups (broad SMARTS) is 1. The van der Waals surface area contributed by atoms with Crippen molar-refractivity contribution in [2.24, 2.45) is 5.73 Å². The summed E-state index contributed by atoms with van der Waals surface area (Å²) in [7, 11) is 0. The first-order chi connectivity index (χ1) is 6.72. The summed E-state index contributed by atoms with van der Waals surface area (Å²) in [5.41, 5.74) is 6.26. The van der Waals surface area contributed by atoms with E-state index in [0.717, 1.165) is 15.2 Å². The topological polar surface area (TPSA) is 92.0 Å². The van der Waals surface area contributed by atoms with Crippen LogP contribution in [-0.2, 0) is 4.79 Å². The van der Waals surface area contributed by atoms with Crippen molar-refractivity contribution in [2.75, 3.05) is 6.54 Å². The van der Waals surface area contributed by atoms with Gasteiger partial charge in [0, 0.05) is 11.4 Å². The maximum atomic E-state index is 10.8. The highest BCUT2D eigenvalue weighted by Crippen LogP contribution is 2.28. The molecular formula is C8H9N3O2S. The van der Waals surface area contributed by atoms with E-state index in [0.29, 0.717) is 0 Å². The first kappa shape index (κ1) is 9.17. The molecule has 2 aromatic rings. The molecule has 0 amide bonds. The second-order valence-corrected chi connectivity index (χ2v) is 3.96. The third-order valence-electron chi connectivity index (χ3n) is 2.01. The first-order valence-corrected chi connectivity index (χ1v) is 4.89. The minimum atomic E-state index is -0.892. The number of carboxylic acids is 1. The molecule has 0 aliphatic heterocycles. The van der Waals surface area contributed by atoms with Gasteiger partial charge < -0.3 is 15.8 Å². The van der Waals surface area contributed by atoms with E-state index in [1.807, 2.05) is 0 Å². The highest BCUT2D eigenvalue weighted by molar-refractivity contribution is 7.18. The van der Waals surface area contributed by atoms with Crippen LogP contribution in [0.3, 0.4) is 0 Å². The van der Waals surface area contributed by atoms with E-state index in [9.17, 15) is 4.79 Å². The van der Waals surface area contributed by atoms with Crippen molar-refractivity contribution in [2.45, 2.75) is 5.92 Å². The van der Waals surface area contributed by atoms with E-state index in [1.54, 1.807) is 12.4 Å². The zero-order chi connectivity index (χ0) is 10.1. The van der Waals surface area contributed by atoms with Gasteiger partial charge in [-0.05, 0) is 6.07 Å². The van der Waals surface area contributed by atoms with Gasteiger partial charge in [0.15, 0.2) is 0 Å². The number of aliphatic carboxylic acids is 1. The lowest BCUT2D eigenvalue weighted by Crippen LogP contribution is -2.19. The fourth-order valence-electron chi connectivity index (χ4n) is 1.27. The van der Waals surface area contributed by atoms with Gasteiger partial charge in [0.05, 0.1) is 11.8 Å². The third-order valence-corrected chi connectivity index (χ3v) is 3.17. The number of hydrogen-bond donors (Lipinski definition) is 3. The third kappa shape index (κ3) is 1.38. The van der Waals surface area contributed by atoms with Crippen LogP contribution in [0.25, 0.3) is 10.3 Å². The zero-order valence-corrected chi connectivity index (χ0v) is 8.04. The van der Waals surface area contributed by atoms with Crippen LogP contribution >= 0.6 is 11.3 Å². The van der Waals surface area contributed by atoms with Gasteiger partial charge in [0.25, 0.3) is 0 Å². The Kier molecular flexibility index (Phi) is 2.22. The largest absolute Gasteiger partial charge is 0.481 e. The summed E-state index contributed by atoms with van der Waals surface area (Å²) < 4.78 is 0. The van der Waals surface area contributed by atoms with E-state index in [1.165, 1.54) is 11.3 Å². The van der Waals surface area contributed by atoms with Crippen molar-refractivity contribution >= 4 is 27.7 Å². The number of thiophene rings is 1. The molecule has 0 aromatic carbocycles. The lowest BCUT2D eigenvalue weighted by Gasteiger charge is -2.05. The van der Waals surface area contributed by atoms with Crippen molar-refractivity contribution in [3.63, 3.8) is 0 Å². The molecule has 4 N–H and O–H groups in total. The average molecular weight is 211 g/mol. The second kappa shape index (κ2) is 3.39. The van der Waals surface area contributed by atoms with Crippen molar-refractivity contribution in [3.05, 3.63) is 17.3 Å². The van der Waals surface area contributed by atoms with Crippen LogP contribution < -0.4 is 5.73 Å². The molecule has 0 bridgehead atoms. The van der Waals surface area contributed by atoms with Crippen LogP contribution in [0, 0.1) is 0 Å². The van der Waals surface area contributed by atoms with Crippen LogP contribution in [0.15, 0.2) is 12.4 Å². The average Bonchev–Trinajstić information content (AvgIpc) is 2.63. The molecule has 2 heterocycles. The number of H-pyrrole nitrogens is 1. The minimum Gasteiger partial charge on any atom is -0.481 e. The fraction of sp³-hybridized carbons (Fsp3) is 0.250. The summed E-state index contributed by atoms with van der Waals surface area (Å²) in [5.74, 6) is -1.51. The Balaban J connectivity index is 2.42. The number of aromatic nitrogens is 2. The van der Waals surface area contributed by atoms with Crippen molar-refractivity contribution in [1.82, 2.24) is 9.97 Å². The van der Waals surface area contributed by atoms with Crippen LogP contribution in [0.2, 0.25) is 0 Å². The van der Waals surface area contributed by atoms with Gasteiger partial charge >= 0.3 is 5.97 Å². The monoisotopic (exact) mass is 211 g/mol. The zero-order valence-electron chi connectivity index (χ0n) is 7.23. The standard InChI is InChI=1S/C8H9N3O2S/c9-2-4(8(12)13)6-1-5-7(14-6)11-3-10-5/h1,3-4H,2,9H2,(H,10,11)(H,12,13). The fourth-order valence-corrected chi connectivity index (χ4v) is 2.34. The van der Waals surface area contributed by atoms with Crippen molar-refractivity contribution < 1.29 is 9.90 Å². The summed E-state index contributed by atoms with van der Waals surface area (Å²) in [6.45, 7) is 0.110. The molecule has 74 valence electrons. The molecule has 0 radical (unpaired) electrons. The summed E-state index contributed by atoms with van der Waals surface area (Å²) in [6, 6.07) is 1.79. The maximum Gasteiger partial charge on any atom is 0.313 e. The Morgan fingerprint density at radius 1 is 1.79 bits per heavy atom. The summed E-state index contributed by atoms with van der Waals surface area (Å²) >= 11 is 1.36. The van der Waals surface area contributed by atoms with Crippen molar-refractivity contribution in [1.29, 1.82) is 0 Å². The predicted molar refractivity (Wildman–Crippen MR) is 53.4 cm³/mol. The van der Waals surface area contributed by atoms with Gasteiger partial charge in [0.1, 0.15) is 10.7 Å². The maximum absolute atomic E-state index is 10.8. The quantitative estimate of drug-likeness (QED) is 0.698. The highest BCUT2D eigenvalue weighted by atomic mass is 32.1. The highest BCUT2D eigenvalue weighted by Gasteiger charge is 2.20. The first-order valence-electron chi connectivity index (χ1n) is 4.08. The van der Waals surface area contributed by atoms with E-state index in [4.69, 9.17) is 10.8 Å². The number of fused-ring (bicyclic) bond motifs is 1. The minimum absolute atomic E-state index is 0.110. The van der Waals surface area contributed by atoms with Crippen molar-refractivity contribution in [3.8, 4) is 0 Å². The van der Waals surface area contributed by atoms with Gasteiger partial charge in [-0.1, -0.05) is 0 Å². The summed E-state index contributed by atoms with van der Waals surface area (Å²) in [4.78, 5) is 19.4. The number of nitrogens with two attached hydrogens (primary N) is 1. The number of nitrogens with zero attached hydrogens (tertiary/aromatic N) is 1. The molecule has 0 spiro atoms. The molecule has 2 rings (SSSR count). The number of rotatable bonds is 3. The summed E-state index contributed by atoms with van der Waals surface area (Å²) in [6.07, 6.45) is 1.59. The molecule has 5 nitrogen and oxygen atoms in total. The molecule has 6 heteroatoms. The lowest BCUT2D eigenvalue weighted by atomic mass is 10.1. The number of hydrogen-bond acceptors (Lipinski definition) is 4. The molecule has 1 atom stereocenters. The van der Waals surface area contributed by atoms with Crippen LogP contribution in [0.1, 0.15) is 10.8 Å². The molecule has 0 saturated heterocycles. The number of nitrogens with one attached hydrogen (secondary N) is 1. The molecule has 0 aliphatic carbocycles. The molecule has 0 aliphatic rings.